The lowest BCUT2D eigenvalue weighted by atomic mass is 10.1. The topological polar surface area (TPSA) is 37.8 Å². The molecule has 1 unspecified atom stereocenters. The molecule has 3 nitrogen and oxygen atoms in total. The van der Waals surface area contributed by atoms with Crippen molar-refractivity contribution in [3.63, 3.8) is 0 Å². The molecule has 1 heterocycles. The summed E-state index contributed by atoms with van der Waals surface area (Å²) in [6, 6.07) is 0.320. The number of aromatic nitrogens is 2. The fourth-order valence-corrected chi connectivity index (χ4v) is 2.18. The molecule has 0 spiro atoms. The molecule has 1 rings (SSSR count). The third-order valence-electron chi connectivity index (χ3n) is 2.22. The fourth-order valence-electron chi connectivity index (χ4n) is 1.43. The third kappa shape index (κ3) is 3.61. The van der Waals surface area contributed by atoms with Crippen molar-refractivity contribution in [2.75, 3.05) is 6.54 Å². The van der Waals surface area contributed by atoms with Crippen molar-refractivity contribution >= 4 is 11.5 Å². The first-order chi connectivity index (χ1) is 7.29. The van der Waals surface area contributed by atoms with Crippen LogP contribution in [-0.4, -0.2) is 16.1 Å². The highest BCUT2D eigenvalue weighted by Gasteiger charge is 2.15. The average molecular weight is 223 g/mol. The highest BCUT2D eigenvalue weighted by Crippen LogP contribution is 2.23. The Kier molecular flexibility index (Phi) is 5.30. The zero-order chi connectivity index (χ0) is 11.1. The second kappa shape index (κ2) is 6.54. The van der Waals surface area contributed by atoms with Gasteiger partial charge in [-0.1, -0.05) is 11.4 Å². The fraction of sp³-hybridized carbons (Fsp3) is 0.636. The molecule has 0 bridgehead atoms. The summed E-state index contributed by atoms with van der Waals surface area (Å²) in [4.78, 5) is 1.22. The zero-order valence-corrected chi connectivity index (χ0v) is 10.1. The lowest BCUT2D eigenvalue weighted by Crippen LogP contribution is -2.21. The van der Waals surface area contributed by atoms with E-state index >= 15 is 0 Å². The predicted octanol–water partition coefficient (Wildman–Crippen LogP) is 2.30. The first-order valence-corrected chi connectivity index (χ1v) is 6.02. The number of rotatable bonds is 6. The number of terminal acetylenes is 1. The van der Waals surface area contributed by atoms with Crippen LogP contribution in [0.5, 0.6) is 0 Å². The smallest absolute Gasteiger partial charge is 0.0772 e. The summed E-state index contributed by atoms with van der Waals surface area (Å²) in [5.74, 6) is 2.68. The van der Waals surface area contributed by atoms with Crippen LogP contribution in [0, 0.1) is 19.3 Å². The summed E-state index contributed by atoms with van der Waals surface area (Å²) in [5, 5.41) is 7.51. The van der Waals surface area contributed by atoms with Crippen LogP contribution in [0.1, 0.15) is 42.8 Å². The Morgan fingerprint density at radius 1 is 1.60 bits per heavy atom. The number of nitrogens with zero attached hydrogens (tertiary/aromatic N) is 2. The lowest BCUT2D eigenvalue weighted by Gasteiger charge is -2.15. The van der Waals surface area contributed by atoms with E-state index in [9.17, 15) is 0 Å². The van der Waals surface area contributed by atoms with Gasteiger partial charge >= 0.3 is 0 Å². The van der Waals surface area contributed by atoms with Crippen molar-refractivity contribution in [3.8, 4) is 12.3 Å². The molecule has 15 heavy (non-hydrogen) atoms. The van der Waals surface area contributed by atoms with Crippen LogP contribution in [0.3, 0.4) is 0 Å². The van der Waals surface area contributed by atoms with Gasteiger partial charge in [-0.2, -0.15) is 0 Å². The summed E-state index contributed by atoms with van der Waals surface area (Å²) in [5.41, 5.74) is 1.02. The molecule has 1 aromatic rings. The van der Waals surface area contributed by atoms with E-state index in [4.69, 9.17) is 6.42 Å². The third-order valence-corrected chi connectivity index (χ3v) is 3.16. The van der Waals surface area contributed by atoms with Crippen molar-refractivity contribution in [2.24, 2.45) is 0 Å². The number of nitrogens with one attached hydrogen (secondary N) is 1. The molecule has 0 amide bonds. The molecular formula is C11H17N3S. The van der Waals surface area contributed by atoms with E-state index in [1.54, 1.807) is 0 Å². The first kappa shape index (κ1) is 12.2. The van der Waals surface area contributed by atoms with Gasteiger partial charge in [-0.25, -0.2) is 0 Å². The average Bonchev–Trinajstić information content (AvgIpc) is 2.65. The Bertz CT molecular complexity index is 327. The number of hydrogen-bond donors (Lipinski definition) is 1. The maximum Gasteiger partial charge on any atom is 0.0772 e. The van der Waals surface area contributed by atoms with Gasteiger partial charge in [0.05, 0.1) is 10.6 Å². The molecule has 4 heteroatoms. The maximum absolute atomic E-state index is 5.29. The van der Waals surface area contributed by atoms with Crippen LogP contribution in [0.2, 0.25) is 0 Å². The quantitative estimate of drug-likeness (QED) is 0.752. The van der Waals surface area contributed by atoms with Gasteiger partial charge in [0.1, 0.15) is 0 Å². The highest BCUT2D eigenvalue weighted by atomic mass is 32.1. The van der Waals surface area contributed by atoms with Gasteiger partial charge in [-0.3, -0.25) is 0 Å². The summed E-state index contributed by atoms with van der Waals surface area (Å²) in [6.07, 6.45) is 8.16. The molecular weight excluding hydrogens is 206 g/mol. The SMILES string of the molecule is C#CCCC(NCCC)c1snnc1C. The normalized spacial score (nSPS) is 12.3. The van der Waals surface area contributed by atoms with E-state index < -0.39 is 0 Å². The van der Waals surface area contributed by atoms with E-state index in [2.05, 4.69) is 27.7 Å². The Hall–Kier alpha value is -0.920. The minimum Gasteiger partial charge on any atom is -0.309 e. The van der Waals surface area contributed by atoms with Gasteiger partial charge < -0.3 is 5.32 Å². The second-order valence-electron chi connectivity index (χ2n) is 3.47. The summed E-state index contributed by atoms with van der Waals surface area (Å²) in [6.45, 7) is 5.16. The van der Waals surface area contributed by atoms with Gasteiger partial charge in [-0.15, -0.1) is 17.4 Å². The number of aryl methyl sites for hydroxylation is 1. The minimum atomic E-state index is 0.320. The van der Waals surface area contributed by atoms with Crippen molar-refractivity contribution < 1.29 is 0 Å². The minimum absolute atomic E-state index is 0.320. The van der Waals surface area contributed by atoms with Gasteiger partial charge in [-0.05, 0) is 37.8 Å². The van der Waals surface area contributed by atoms with E-state index in [-0.39, 0.29) is 0 Å². The molecule has 1 aromatic heterocycles. The first-order valence-electron chi connectivity index (χ1n) is 5.25. The Balaban J connectivity index is 2.63. The van der Waals surface area contributed by atoms with Gasteiger partial charge in [0, 0.05) is 12.5 Å². The molecule has 0 saturated heterocycles. The largest absolute Gasteiger partial charge is 0.309 e. The molecule has 0 aliphatic carbocycles. The molecule has 0 aliphatic rings. The van der Waals surface area contributed by atoms with Crippen LogP contribution < -0.4 is 5.32 Å². The lowest BCUT2D eigenvalue weighted by molar-refractivity contribution is 0.510. The molecule has 0 aliphatic heterocycles. The molecule has 0 radical (unpaired) electrons. The van der Waals surface area contributed by atoms with Crippen molar-refractivity contribution in [1.29, 1.82) is 0 Å². The molecule has 0 fully saturated rings. The van der Waals surface area contributed by atoms with Gasteiger partial charge in [0.25, 0.3) is 0 Å². The monoisotopic (exact) mass is 223 g/mol. The van der Waals surface area contributed by atoms with Crippen LogP contribution in [0.25, 0.3) is 0 Å². The van der Waals surface area contributed by atoms with Crippen LogP contribution in [0.4, 0.5) is 0 Å². The molecule has 0 saturated carbocycles. The predicted molar refractivity (Wildman–Crippen MR) is 63.7 cm³/mol. The Morgan fingerprint density at radius 2 is 2.40 bits per heavy atom. The van der Waals surface area contributed by atoms with E-state index in [1.165, 1.54) is 16.4 Å². The van der Waals surface area contributed by atoms with Gasteiger partial charge in [0.15, 0.2) is 0 Å². The maximum atomic E-state index is 5.29. The standard InChI is InChI=1S/C11H17N3S/c1-4-6-7-10(12-8-5-2)11-9(3)13-14-15-11/h1,10,12H,5-8H2,2-3H3. The Morgan fingerprint density at radius 3 is 2.93 bits per heavy atom. The van der Waals surface area contributed by atoms with Crippen LogP contribution in [-0.2, 0) is 0 Å². The van der Waals surface area contributed by atoms with Crippen molar-refractivity contribution in [2.45, 2.75) is 39.2 Å². The summed E-state index contributed by atoms with van der Waals surface area (Å²) in [7, 11) is 0. The van der Waals surface area contributed by atoms with E-state index in [1.807, 2.05) is 6.92 Å². The molecule has 82 valence electrons. The summed E-state index contributed by atoms with van der Waals surface area (Å²) < 4.78 is 3.96. The molecule has 1 N–H and O–H groups in total. The second-order valence-corrected chi connectivity index (χ2v) is 4.26. The highest BCUT2D eigenvalue weighted by molar-refractivity contribution is 7.05. The summed E-state index contributed by atoms with van der Waals surface area (Å²) >= 11 is 1.47. The van der Waals surface area contributed by atoms with Crippen LogP contribution >= 0.6 is 11.5 Å². The molecule has 1 atom stereocenters. The number of hydrogen-bond acceptors (Lipinski definition) is 4. The van der Waals surface area contributed by atoms with Crippen molar-refractivity contribution in [1.82, 2.24) is 14.9 Å². The van der Waals surface area contributed by atoms with Gasteiger partial charge in [0.2, 0.25) is 0 Å². The Labute approximate surface area is 95.5 Å². The van der Waals surface area contributed by atoms with Crippen molar-refractivity contribution in [3.05, 3.63) is 10.6 Å². The zero-order valence-electron chi connectivity index (χ0n) is 9.29. The molecule has 0 aromatic carbocycles. The van der Waals surface area contributed by atoms with Crippen LogP contribution in [0.15, 0.2) is 0 Å². The van der Waals surface area contributed by atoms with E-state index in [0.717, 1.165) is 31.5 Å². The van der Waals surface area contributed by atoms with E-state index in [0.29, 0.717) is 6.04 Å².